The zero-order chi connectivity index (χ0) is 12.8. The Morgan fingerprint density at radius 3 is 2.78 bits per heavy atom. The van der Waals surface area contributed by atoms with Gasteiger partial charge < -0.3 is 10.6 Å². The van der Waals surface area contributed by atoms with E-state index in [0.29, 0.717) is 5.95 Å². The first-order chi connectivity index (χ1) is 8.63. The first-order valence-corrected chi connectivity index (χ1v) is 7.21. The minimum Gasteiger partial charge on any atom is -0.364 e. The van der Waals surface area contributed by atoms with Crippen molar-refractivity contribution in [2.24, 2.45) is 0 Å². The Kier molecular flexibility index (Phi) is 2.66. The quantitative estimate of drug-likeness (QED) is 0.888. The van der Waals surface area contributed by atoms with Gasteiger partial charge in [0.05, 0.1) is 5.39 Å². The topological polar surface area (TPSA) is 49.8 Å². The van der Waals surface area contributed by atoms with Crippen molar-refractivity contribution < 1.29 is 0 Å². The summed E-state index contributed by atoms with van der Waals surface area (Å²) < 4.78 is 0. The van der Waals surface area contributed by atoms with Gasteiger partial charge in [0.2, 0.25) is 5.95 Å². The van der Waals surface area contributed by atoms with Crippen molar-refractivity contribution in [3.8, 4) is 0 Å². The van der Waals surface area contributed by atoms with Gasteiger partial charge in [0.1, 0.15) is 10.6 Å². The van der Waals surface area contributed by atoms with E-state index in [1.54, 1.807) is 11.3 Å². The maximum Gasteiger partial charge on any atom is 0.225 e. The van der Waals surface area contributed by atoms with Crippen LogP contribution in [0, 0.1) is 0 Å². The van der Waals surface area contributed by atoms with E-state index in [-0.39, 0.29) is 5.54 Å². The van der Waals surface area contributed by atoms with Crippen LogP contribution in [-0.2, 0) is 6.42 Å². The van der Waals surface area contributed by atoms with Gasteiger partial charge in [-0.25, -0.2) is 4.98 Å². The number of rotatable bonds is 4. The van der Waals surface area contributed by atoms with E-state index in [2.05, 4.69) is 40.5 Å². The van der Waals surface area contributed by atoms with E-state index < -0.39 is 0 Å². The maximum absolute atomic E-state index is 4.57. The van der Waals surface area contributed by atoms with Crippen molar-refractivity contribution in [3.05, 3.63) is 10.9 Å². The van der Waals surface area contributed by atoms with Gasteiger partial charge >= 0.3 is 0 Å². The van der Waals surface area contributed by atoms with Crippen LogP contribution >= 0.6 is 11.3 Å². The van der Waals surface area contributed by atoms with Gasteiger partial charge in [0.25, 0.3) is 0 Å². The average Bonchev–Trinajstić information content (AvgIpc) is 2.93. The normalized spacial score (nSPS) is 16.8. The number of hydrogen-bond donors (Lipinski definition) is 2. The lowest BCUT2D eigenvalue weighted by molar-refractivity contribution is 0.823. The van der Waals surface area contributed by atoms with E-state index in [9.17, 15) is 0 Å². The fraction of sp³-hybridized carbons (Fsp3) is 0.538. The zero-order valence-corrected chi connectivity index (χ0v) is 11.8. The third-order valence-corrected chi connectivity index (χ3v) is 4.61. The van der Waals surface area contributed by atoms with Crippen molar-refractivity contribution in [1.29, 1.82) is 0 Å². The standard InChI is InChI=1S/C13H18N4S/c1-4-8-7-9-10(17-13(2)5-6-13)15-12(14-3)16-11(9)18-8/h7H,4-6H2,1-3H3,(H2,14,15,16,17). The van der Waals surface area contributed by atoms with Crippen molar-refractivity contribution in [2.75, 3.05) is 17.7 Å². The summed E-state index contributed by atoms with van der Waals surface area (Å²) in [5, 5.41) is 7.76. The van der Waals surface area contributed by atoms with E-state index >= 15 is 0 Å². The number of hydrogen-bond acceptors (Lipinski definition) is 5. The van der Waals surface area contributed by atoms with Gasteiger partial charge in [0.15, 0.2) is 0 Å². The number of anilines is 2. The molecule has 96 valence electrons. The minimum atomic E-state index is 0.237. The molecule has 0 radical (unpaired) electrons. The minimum absolute atomic E-state index is 0.237. The Bertz CT molecular complexity index is 586. The predicted octanol–water partition coefficient (Wildman–Crippen LogP) is 3.26. The molecule has 2 aromatic rings. The molecule has 0 unspecified atom stereocenters. The van der Waals surface area contributed by atoms with Gasteiger partial charge in [-0.05, 0) is 32.3 Å². The summed E-state index contributed by atoms with van der Waals surface area (Å²) in [7, 11) is 1.86. The lowest BCUT2D eigenvalue weighted by Gasteiger charge is -2.13. The molecule has 0 saturated heterocycles. The van der Waals surface area contributed by atoms with Crippen LogP contribution in [0.4, 0.5) is 11.8 Å². The van der Waals surface area contributed by atoms with Crippen LogP contribution in [0.1, 0.15) is 31.6 Å². The molecule has 0 aromatic carbocycles. The molecule has 2 aromatic heterocycles. The molecule has 4 nitrogen and oxygen atoms in total. The van der Waals surface area contributed by atoms with Crippen molar-refractivity contribution >= 4 is 33.3 Å². The Balaban J connectivity index is 2.10. The lowest BCUT2D eigenvalue weighted by atomic mass is 10.2. The molecule has 1 saturated carbocycles. The number of thiophene rings is 1. The number of fused-ring (bicyclic) bond motifs is 1. The van der Waals surface area contributed by atoms with Crippen molar-refractivity contribution in [1.82, 2.24) is 9.97 Å². The molecule has 2 heterocycles. The first-order valence-electron chi connectivity index (χ1n) is 6.40. The summed E-state index contributed by atoms with van der Waals surface area (Å²) in [6.45, 7) is 4.42. The molecule has 1 aliphatic carbocycles. The zero-order valence-electron chi connectivity index (χ0n) is 11.0. The highest BCUT2D eigenvalue weighted by molar-refractivity contribution is 7.18. The second-order valence-corrected chi connectivity index (χ2v) is 6.23. The summed E-state index contributed by atoms with van der Waals surface area (Å²) in [6.07, 6.45) is 3.49. The molecule has 0 bridgehead atoms. The third-order valence-electron chi connectivity index (χ3n) is 3.44. The summed E-state index contributed by atoms with van der Waals surface area (Å²) >= 11 is 1.76. The maximum atomic E-state index is 4.57. The lowest BCUT2D eigenvalue weighted by Crippen LogP contribution is -2.17. The Morgan fingerprint density at radius 1 is 1.39 bits per heavy atom. The smallest absolute Gasteiger partial charge is 0.225 e. The van der Waals surface area contributed by atoms with Crippen LogP contribution in [-0.4, -0.2) is 22.6 Å². The van der Waals surface area contributed by atoms with E-state index in [4.69, 9.17) is 0 Å². The first kappa shape index (κ1) is 11.7. The predicted molar refractivity (Wildman–Crippen MR) is 77.6 cm³/mol. The fourth-order valence-electron chi connectivity index (χ4n) is 1.95. The Morgan fingerprint density at radius 2 is 2.17 bits per heavy atom. The molecule has 18 heavy (non-hydrogen) atoms. The van der Waals surface area contributed by atoms with Crippen LogP contribution < -0.4 is 10.6 Å². The van der Waals surface area contributed by atoms with Crippen molar-refractivity contribution in [2.45, 2.75) is 38.6 Å². The van der Waals surface area contributed by atoms with E-state index in [1.165, 1.54) is 17.7 Å². The SMILES string of the molecule is CCc1cc2c(NC3(C)CC3)nc(NC)nc2s1. The molecule has 2 N–H and O–H groups in total. The van der Waals surface area contributed by atoms with Crippen LogP contribution in [0.3, 0.4) is 0 Å². The number of aryl methyl sites for hydroxylation is 1. The second-order valence-electron chi connectivity index (χ2n) is 5.12. The molecular formula is C13H18N4S. The van der Waals surface area contributed by atoms with Crippen LogP contribution in [0.5, 0.6) is 0 Å². The monoisotopic (exact) mass is 262 g/mol. The highest BCUT2D eigenvalue weighted by Crippen LogP contribution is 2.40. The molecule has 3 rings (SSSR count). The molecule has 5 heteroatoms. The number of nitrogens with one attached hydrogen (secondary N) is 2. The molecule has 0 atom stereocenters. The second kappa shape index (κ2) is 4.09. The summed E-state index contributed by atoms with van der Waals surface area (Å²) in [5.41, 5.74) is 0.237. The molecule has 0 amide bonds. The Hall–Kier alpha value is -1.36. The molecular weight excluding hydrogens is 244 g/mol. The van der Waals surface area contributed by atoms with Gasteiger partial charge in [-0.1, -0.05) is 6.92 Å². The van der Waals surface area contributed by atoms with Gasteiger partial charge in [-0.2, -0.15) is 4.98 Å². The summed E-state index contributed by atoms with van der Waals surface area (Å²) in [5.74, 6) is 1.67. The van der Waals surface area contributed by atoms with E-state index in [0.717, 1.165) is 22.5 Å². The molecule has 1 aliphatic rings. The Labute approximate surface area is 111 Å². The van der Waals surface area contributed by atoms with Crippen LogP contribution in [0.25, 0.3) is 10.2 Å². The van der Waals surface area contributed by atoms with Gasteiger partial charge in [0, 0.05) is 17.5 Å². The fourth-order valence-corrected chi connectivity index (χ4v) is 2.92. The summed E-state index contributed by atoms with van der Waals surface area (Å²) in [4.78, 5) is 11.5. The highest BCUT2D eigenvalue weighted by Gasteiger charge is 2.38. The number of nitrogens with zero attached hydrogens (tertiary/aromatic N) is 2. The largest absolute Gasteiger partial charge is 0.364 e. The van der Waals surface area contributed by atoms with E-state index in [1.807, 2.05) is 7.05 Å². The average molecular weight is 262 g/mol. The molecule has 1 fully saturated rings. The van der Waals surface area contributed by atoms with Crippen LogP contribution in [0.2, 0.25) is 0 Å². The molecule has 0 spiro atoms. The van der Waals surface area contributed by atoms with Gasteiger partial charge in [-0.15, -0.1) is 11.3 Å². The molecule has 0 aliphatic heterocycles. The summed E-state index contributed by atoms with van der Waals surface area (Å²) in [6, 6.07) is 2.22. The number of aromatic nitrogens is 2. The highest BCUT2D eigenvalue weighted by atomic mass is 32.1. The third kappa shape index (κ3) is 2.03. The van der Waals surface area contributed by atoms with Crippen LogP contribution in [0.15, 0.2) is 6.07 Å². The van der Waals surface area contributed by atoms with Gasteiger partial charge in [-0.3, -0.25) is 0 Å². The van der Waals surface area contributed by atoms with Crippen molar-refractivity contribution in [3.63, 3.8) is 0 Å².